The van der Waals surface area contributed by atoms with Crippen molar-refractivity contribution in [1.82, 2.24) is 5.32 Å². The topological polar surface area (TPSA) is 29.1 Å². The Balaban J connectivity index is 4.22. The van der Waals surface area contributed by atoms with Gasteiger partial charge in [0.15, 0.2) is 0 Å². The molecule has 0 saturated heterocycles. The highest BCUT2D eigenvalue weighted by molar-refractivity contribution is 5.84. The highest BCUT2D eigenvalue weighted by Gasteiger charge is 2.78. The maximum Gasteiger partial charge on any atom is 0.392 e. The monoisotopic (exact) mass is 399 g/mol. The molecule has 0 aromatic rings. The second-order valence-corrected chi connectivity index (χ2v) is 6.16. The van der Waals surface area contributed by atoms with Gasteiger partial charge in [-0.15, -0.1) is 0 Å². The van der Waals surface area contributed by atoms with E-state index in [9.17, 15) is 39.9 Å². The lowest BCUT2D eigenvalue weighted by atomic mass is 10.0. The Morgan fingerprint density at radius 1 is 0.808 bits per heavy atom. The normalized spacial score (nSPS) is 13.3. The Labute approximate surface area is 147 Å². The van der Waals surface area contributed by atoms with Gasteiger partial charge < -0.3 is 5.32 Å². The molecule has 0 aliphatic rings. The molecule has 26 heavy (non-hydrogen) atoms. The smallest absolute Gasteiger partial charge is 0.351 e. The van der Waals surface area contributed by atoms with Gasteiger partial charge in [0.05, 0.1) is 0 Å². The summed E-state index contributed by atoms with van der Waals surface area (Å²) in [6.45, 7) is 1.66. The van der Waals surface area contributed by atoms with Crippen LogP contribution in [0.25, 0.3) is 0 Å². The summed E-state index contributed by atoms with van der Waals surface area (Å²) in [5.41, 5.74) is 0. The summed E-state index contributed by atoms with van der Waals surface area (Å²) < 4.78 is 102. The number of nitrogens with one attached hydrogen (secondary N) is 1. The number of carbonyl (C=O) groups is 1. The van der Waals surface area contributed by atoms with Crippen molar-refractivity contribution in [2.45, 2.75) is 88.9 Å². The SMILES string of the molecule is CCCCCCCCCCCNC(=O)C(F)(F)C(F)(F)C(F)(F)C(F)F. The Morgan fingerprint density at radius 3 is 1.65 bits per heavy atom. The van der Waals surface area contributed by atoms with Crippen LogP contribution < -0.4 is 5.32 Å². The van der Waals surface area contributed by atoms with Gasteiger partial charge >= 0.3 is 24.2 Å². The summed E-state index contributed by atoms with van der Waals surface area (Å²) >= 11 is 0. The zero-order valence-corrected chi connectivity index (χ0v) is 14.6. The molecule has 0 atom stereocenters. The molecule has 10 heteroatoms. The van der Waals surface area contributed by atoms with Crippen LogP contribution in [0, 0.1) is 0 Å². The summed E-state index contributed by atoms with van der Waals surface area (Å²) in [4.78, 5) is 11.1. The molecule has 0 spiro atoms. The van der Waals surface area contributed by atoms with E-state index in [4.69, 9.17) is 0 Å². The second-order valence-electron chi connectivity index (χ2n) is 6.16. The van der Waals surface area contributed by atoms with E-state index in [1.165, 1.54) is 5.32 Å². The van der Waals surface area contributed by atoms with Gasteiger partial charge in [-0.05, 0) is 6.42 Å². The fourth-order valence-corrected chi connectivity index (χ4v) is 2.24. The number of hydrogen-bond acceptors (Lipinski definition) is 1. The van der Waals surface area contributed by atoms with Crippen molar-refractivity contribution < 1.29 is 39.9 Å². The minimum Gasteiger partial charge on any atom is -0.351 e. The minimum absolute atomic E-state index is 0.188. The van der Waals surface area contributed by atoms with E-state index in [-0.39, 0.29) is 6.42 Å². The van der Waals surface area contributed by atoms with Crippen LogP contribution in [0.1, 0.15) is 64.7 Å². The third-order valence-electron chi connectivity index (χ3n) is 3.94. The Bertz CT molecular complexity index is 415. The first-order valence-corrected chi connectivity index (χ1v) is 8.62. The number of hydrogen-bond donors (Lipinski definition) is 1. The van der Waals surface area contributed by atoms with Crippen LogP contribution in [0.15, 0.2) is 0 Å². The predicted octanol–water partition coefficient (Wildman–Crippen LogP) is 5.80. The zero-order valence-electron chi connectivity index (χ0n) is 14.6. The molecule has 0 aliphatic heterocycles. The minimum atomic E-state index is -6.50. The number of alkyl halides is 8. The number of carbonyl (C=O) groups excluding carboxylic acids is 1. The maximum atomic E-state index is 13.3. The third-order valence-corrected chi connectivity index (χ3v) is 3.94. The summed E-state index contributed by atoms with van der Waals surface area (Å²) in [5.74, 6) is -21.5. The average molecular weight is 399 g/mol. The number of halogens is 8. The Morgan fingerprint density at radius 2 is 1.23 bits per heavy atom. The molecular formula is C16H25F8NO. The quantitative estimate of drug-likeness (QED) is 0.290. The van der Waals surface area contributed by atoms with Crippen LogP contribution in [-0.2, 0) is 4.79 Å². The van der Waals surface area contributed by atoms with E-state index in [0.717, 1.165) is 44.9 Å². The second kappa shape index (κ2) is 10.9. The standard InChI is InChI=1S/C16H25F8NO/c1-2-3-4-5-6-7-8-9-10-11-25-13(26)15(21,22)16(23,24)14(19,20)12(17)18/h12H,2-11H2,1H3,(H,25,26). The van der Waals surface area contributed by atoms with Crippen molar-refractivity contribution in [3.63, 3.8) is 0 Å². The molecular weight excluding hydrogens is 374 g/mol. The van der Waals surface area contributed by atoms with Gasteiger partial charge in [-0.1, -0.05) is 58.3 Å². The molecule has 0 aromatic heterocycles. The Kier molecular flexibility index (Phi) is 10.5. The molecule has 0 heterocycles. The van der Waals surface area contributed by atoms with Crippen molar-refractivity contribution >= 4 is 5.91 Å². The van der Waals surface area contributed by atoms with Crippen molar-refractivity contribution in [3.8, 4) is 0 Å². The number of unbranched alkanes of at least 4 members (excludes halogenated alkanes) is 8. The molecule has 0 aromatic carbocycles. The molecule has 0 fully saturated rings. The lowest BCUT2D eigenvalue weighted by Gasteiger charge is -2.31. The van der Waals surface area contributed by atoms with E-state index < -0.39 is 36.6 Å². The zero-order chi connectivity index (χ0) is 20.4. The van der Waals surface area contributed by atoms with Crippen molar-refractivity contribution in [3.05, 3.63) is 0 Å². The first-order valence-electron chi connectivity index (χ1n) is 8.62. The van der Waals surface area contributed by atoms with E-state index in [2.05, 4.69) is 6.92 Å². The van der Waals surface area contributed by atoms with Crippen LogP contribution in [-0.4, -0.2) is 36.6 Å². The average Bonchev–Trinajstić information content (AvgIpc) is 2.55. The molecule has 156 valence electrons. The van der Waals surface area contributed by atoms with E-state index in [1.54, 1.807) is 0 Å². The van der Waals surface area contributed by atoms with Gasteiger partial charge in [0.25, 0.3) is 5.91 Å². The number of rotatable bonds is 14. The van der Waals surface area contributed by atoms with Gasteiger partial charge in [0, 0.05) is 6.54 Å². The number of amides is 1. The van der Waals surface area contributed by atoms with Crippen LogP contribution >= 0.6 is 0 Å². The van der Waals surface area contributed by atoms with Crippen molar-refractivity contribution in [2.75, 3.05) is 6.54 Å². The van der Waals surface area contributed by atoms with Crippen LogP contribution in [0.5, 0.6) is 0 Å². The van der Waals surface area contributed by atoms with E-state index >= 15 is 0 Å². The van der Waals surface area contributed by atoms with Gasteiger partial charge in [-0.25, -0.2) is 8.78 Å². The molecule has 0 radical (unpaired) electrons. The van der Waals surface area contributed by atoms with E-state index in [1.807, 2.05) is 0 Å². The van der Waals surface area contributed by atoms with Gasteiger partial charge in [0.2, 0.25) is 0 Å². The third kappa shape index (κ3) is 6.57. The highest BCUT2D eigenvalue weighted by Crippen LogP contribution is 2.48. The summed E-state index contributed by atoms with van der Waals surface area (Å²) in [5, 5.41) is 1.41. The van der Waals surface area contributed by atoms with Crippen molar-refractivity contribution in [2.24, 2.45) is 0 Å². The highest BCUT2D eigenvalue weighted by atomic mass is 19.4. The van der Waals surface area contributed by atoms with Crippen molar-refractivity contribution in [1.29, 1.82) is 0 Å². The molecule has 1 amide bonds. The molecule has 0 saturated carbocycles. The molecule has 0 aliphatic carbocycles. The van der Waals surface area contributed by atoms with Crippen LogP contribution in [0.3, 0.4) is 0 Å². The van der Waals surface area contributed by atoms with Crippen LogP contribution in [0.2, 0.25) is 0 Å². The lowest BCUT2D eigenvalue weighted by Crippen LogP contribution is -2.63. The summed E-state index contributed by atoms with van der Waals surface area (Å²) in [6.07, 6.45) is 2.79. The molecule has 0 bridgehead atoms. The lowest BCUT2D eigenvalue weighted by molar-refractivity contribution is -0.327. The molecule has 0 unspecified atom stereocenters. The predicted molar refractivity (Wildman–Crippen MR) is 81.1 cm³/mol. The van der Waals surface area contributed by atoms with Gasteiger partial charge in [-0.2, -0.15) is 26.3 Å². The van der Waals surface area contributed by atoms with Gasteiger partial charge in [-0.3, -0.25) is 4.79 Å². The largest absolute Gasteiger partial charge is 0.392 e. The van der Waals surface area contributed by atoms with E-state index in [0.29, 0.717) is 6.42 Å². The maximum absolute atomic E-state index is 13.3. The summed E-state index contributed by atoms with van der Waals surface area (Å²) in [6, 6.07) is 0. The first kappa shape index (κ1) is 24.9. The Hall–Kier alpha value is -1.09. The van der Waals surface area contributed by atoms with Gasteiger partial charge in [0.1, 0.15) is 0 Å². The summed E-state index contributed by atoms with van der Waals surface area (Å²) in [7, 11) is 0. The fourth-order valence-electron chi connectivity index (χ4n) is 2.24. The van der Waals surface area contributed by atoms with Crippen LogP contribution in [0.4, 0.5) is 35.1 Å². The molecule has 0 rings (SSSR count). The first-order chi connectivity index (χ1) is 11.9. The molecule has 2 nitrogen and oxygen atoms in total. The fraction of sp³-hybridized carbons (Fsp3) is 0.938. The molecule has 1 N–H and O–H groups in total.